The Labute approximate surface area is 123 Å². The van der Waals surface area contributed by atoms with Crippen molar-refractivity contribution in [3.8, 4) is 0 Å². The minimum absolute atomic E-state index is 0.0997. The van der Waals surface area contributed by atoms with Gasteiger partial charge in [-0.25, -0.2) is 4.79 Å². The van der Waals surface area contributed by atoms with Gasteiger partial charge in [0.1, 0.15) is 5.00 Å². The van der Waals surface area contributed by atoms with Crippen LogP contribution in [0.4, 0.5) is 5.00 Å². The SMILES string of the molecule is CCNCC(C)C(=O)Nc1sc(C)c(C)c1C(=O)OC. The number of hydrogen-bond donors (Lipinski definition) is 2. The van der Waals surface area contributed by atoms with Crippen molar-refractivity contribution in [3.63, 3.8) is 0 Å². The second-order valence-corrected chi connectivity index (χ2v) is 5.90. The fourth-order valence-corrected chi connectivity index (χ4v) is 2.80. The molecular weight excluding hydrogens is 276 g/mol. The maximum absolute atomic E-state index is 12.1. The fourth-order valence-electron chi connectivity index (χ4n) is 1.75. The van der Waals surface area contributed by atoms with Gasteiger partial charge in [0.2, 0.25) is 5.91 Å². The number of aryl methyl sites for hydroxylation is 1. The van der Waals surface area contributed by atoms with E-state index in [0.717, 1.165) is 17.0 Å². The van der Waals surface area contributed by atoms with Gasteiger partial charge in [0.05, 0.1) is 12.7 Å². The maximum Gasteiger partial charge on any atom is 0.341 e. The number of hydrogen-bond acceptors (Lipinski definition) is 5. The lowest BCUT2D eigenvalue weighted by Gasteiger charge is -2.12. The summed E-state index contributed by atoms with van der Waals surface area (Å²) in [7, 11) is 1.34. The summed E-state index contributed by atoms with van der Waals surface area (Å²) in [6.07, 6.45) is 0. The minimum atomic E-state index is -0.415. The average Bonchev–Trinajstić information content (AvgIpc) is 2.70. The van der Waals surface area contributed by atoms with Crippen LogP contribution < -0.4 is 10.6 Å². The molecule has 6 heteroatoms. The molecule has 0 saturated heterocycles. The highest BCUT2D eigenvalue weighted by molar-refractivity contribution is 7.16. The van der Waals surface area contributed by atoms with Crippen LogP contribution in [0.15, 0.2) is 0 Å². The van der Waals surface area contributed by atoms with Gasteiger partial charge in [-0.1, -0.05) is 13.8 Å². The molecule has 5 nitrogen and oxygen atoms in total. The highest BCUT2D eigenvalue weighted by Crippen LogP contribution is 2.33. The standard InChI is InChI=1S/C14H22N2O3S/c1-6-15-7-8(2)12(17)16-13-11(14(18)19-5)9(3)10(4)20-13/h8,15H,6-7H2,1-5H3,(H,16,17). The van der Waals surface area contributed by atoms with Crippen molar-refractivity contribution >= 4 is 28.2 Å². The molecule has 0 radical (unpaired) electrons. The molecule has 0 bridgehead atoms. The number of nitrogens with one attached hydrogen (secondary N) is 2. The second kappa shape index (κ2) is 7.40. The molecule has 1 unspecified atom stereocenters. The molecule has 0 aromatic carbocycles. The Morgan fingerprint density at radius 3 is 2.55 bits per heavy atom. The van der Waals surface area contributed by atoms with E-state index >= 15 is 0 Å². The van der Waals surface area contributed by atoms with Gasteiger partial charge < -0.3 is 15.4 Å². The molecule has 1 atom stereocenters. The van der Waals surface area contributed by atoms with Crippen LogP contribution in [0.1, 0.15) is 34.6 Å². The minimum Gasteiger partial charge on any atom is -0.465 e. The third-order valence-corrected chi connectivity index (χ3v) is 4.28. The van der Waals surface area contributed by atoms with Crippen molar-refractivity contribution in [2.45, 2.75) is 27.7 Å². The Kier molecular flexibility index (Phi) is 6.16. The normalized spacial score (nSPS) is 12.1. The molecule has 1 heterocycles. The van der Waals surface area contributed by atoms with Gasteiger partial charge in [0.25, 0.3) is 0 Å². The van der Waals surface area contributed by atoms with Crippen LogP contribution >= 0.6 is 11.3 Å². The summed E-state index contributed by atoms with van der Waals surface area (Å²) in [6, 6.07) is 0. The van der Waals surface area contributed by atoms with Crippen LogP contribution in [0.3, 0.4) is 0 Å². The van der Waals surface area contributed by atoms with Crippen molar-refractivity contribution < 1.29 is 14.3 Å². The fraction of sp³-hybridized carbons (Fsp3) is 0.571. The summed E-state index contributed by atoms with van der Waals surface area (Å²) in [5.41, 5.74) is 1.32. The largest absolute Gasteiger partial charge is 0.465 e. The number of rotatable bonds is 6. The molecule has 1 aromatic heterocycles. The van der Waals surface area contributed by atoms with E-state index in [1.807, 2.05) is 27.7 Å². The number of carbonyl (C=O) groups excluding carboxylic acids is 2. The predicted octanol–water partition coefficient (Wildman–Crippen LogP) is 2.34. The number of thiophene rings is 1. The molecule has 0 fully saturated rings. The van der Waals surface area contributed by atoms with Crippen LogP contribution in [0.25, 0.3) is 0 Å². The van der Waals surface area contributed by atoms with Crippen molar-refractivity contribution in [3.05, 3.63) is 16.0 Å². The van der Waals surface area contributed by atoms with E-state index in [1.165, 1.54) is 18.4 Å². The Morgan fingerprint density at radius 1 is 1.35 bits per heavy atom. The lowest BCUT2D eigenvalue weighted by atomic mass is 10.1. The maximum atomic E-state index is 12.1. The van der Waals surface area contributed by atoms with E-state index in [2.05, 4.69) is 10.6 Å². The zero-order valence-electron chi connectivity index (χ0n) is 12.6. The Bertz CT molecular complexity index is 497. The number of ether oxygens (including phenoxy) is 1. The quantitative estimate of drug-likeness (QED) is 0.791. The molecule has 1 aromatic rings. The van der Waals surface area contributed by atoms with Gasteiger partial charge in [0.15, 0.2) is 0 Å². The van der Waals surface area contributed by atoms with Crippen molar-refractivity contribution in [1.82, 2.24) is 5.32 Å². The van der Waals surface area contributed by atoms with E-state index in [-0.39, 0.29) is 11.8 Å². The first-order valence-corrected chi connectivity index (χ1v) is 7.43. The Morgan fingerprint density at radius 2 is 2.00 bits per heavy atom. The van der Waals surface area contributed by atoms with Crippen molar-refractivity contribution in [1.29, 1.82) is 0 Å². The summed E-state index contributed by atoms with van der Waals surface area (Å²) in [6.45, 7) is 9.05. The number of methoxy groups -OCH3 is 1. The van der Waals surface area contributed by atoms with Gasteiger partial charge in [0, 0.05) is 17.3 Å². The Balaban J connectivity index is 2.89. The third kappa shape index (κ3) is 3.80. The van der Waals surface area contributed by atoms with Crippen molar-refractivity contribution in [2.24, 2.45) is 5.92 Å². The summed E-state index contributed by atoms with van der Waals surface area (Å²) >= 11 is 1.40. The molecule has 20 heavy (non-hydrogen) atoms. The van der Waals surface area contributed by atoms with E-state index in [4.69, 9.17) is 4.74 Å². The molecule has 1 rings (SSSR count). The number of carbonyl (C=O) groups is 2. The van der Waals surface area contributed by atoms with E-state index in [0.29, 0.717) is 17.1 Å². The summed E-state index contributed by atoms with van der Waals surface area (Å²) < 4.78 is 4.78. The third-order valence-electron chi connectivity index (χ3n) is 3.16. The van der Waals surface area contributed by atoms with Gasteiger partial charge in [-0.2, -0.15) is 0 Å². The van der Waals surface area contributed by atoms with E-state index in [9.17, 15) is 9.59 Å². The number of anilines is 1. The van der Waals surface area contributed by atoms with Crippen LogP contribution in [-0.4, -0.2) is 32.1 Å². The van der Waals surface area contributed by atoms with Gasteiger partial charge >= 0.3 is 5.97 Å². The molecular formula is C14H22N2O3S. The van der Waals surface area contributed by atoms with Gasteiger partial charge in [-0.05, 0) is 26.0 Å². The topological polar surface area (TPSA) is 67.4 Å². The van der Waals surface area contributed by atoms with E-state index in [1.54, 1.807) is 0 Å². The zero-order chi connectivity index (χ0) is 15.3. The van der Waals surface area contributed by atoms with E-state index < -0.39 is 5.97 Å². The number of esters is 1. The lowest BCUT2D eigenvalue weighted by molar-refractivity contribution is -0.119. The smallest absolute Gasteiger partial charge is 0.341 e. The molecule has 1 amide bonds. The first-order valence-electron chi connectivity index (χ1n) is 6.62. The molecule has 2 N–H and O–H groups in total. The molecule has 0 aliphatic carbocycles. The number of amides is 1. The van der Waals surface area contributed by atoms with Crippen LogP contribution in [0.2, 0.25) is 0 Å². The zero-order valence-corrected chi connectivity index (χ0v) is 13.4. The Hall–Kier alpha value is -1.40. The molecule has 0 aliphatic heterocycles. The molecule has 112 valence electrons. The highest BCUT2D eigenvalue weighted by Gasteiger charge is 2.23. The first kappa shape index (κ1) is 16.7. The molecule has 0 saturated carbocycles. The predicted molar refractivity (Wildman–Crippen MR) is 81.5 cm³/mol. The van der Waals surface area contributed by atoms with Crippen molar-refractivity contribution in [2.75, 3.05) is 25.5 Å². The molecule has 0 aliphatic rings. The van der Waals surface area contributed by atoms with Crippen LogP contribution in [0, 0.1) is 19.8 Å². The average molecular weight is 298 g/mol. The lowest BCUT2D eigenvalue weighted by Crippen LogP contribution is -2.30. The monoisotopic (exact) mass is 298 g/mol. The first-order chi connectivity index (χ1) is 9.42. The highest BCUT2D eigenvalue weighted by atomic mass is 32.1. The molecule has 0 spiro atoms. The summed E-state index contributed by atoms with van der Waals surface area (Å²) in [5, 5.41) is 6.54. The second-order valence-electron chi connectivity index (χ2n) is 4.68. The van der Waals surface area contributed by atoms with Gasteiger partial charge in [-0.3, -0.25) is 4.79 Å². The van der Waals surface area contributed by atoms with Crippen LogP contribution in [-0.2, 0) is 9.53 Å². The summed E-state index contributed by atoms with van der Waals surface area (Å²) in [5.74, 6) is -0.679. The van der Waals surface area contributed by atoms with Crippen LogP contribution in [0.5, 0.6) is 0 Å². The van der Waals surface area contributed by atoms with Gasteiger partial charge in [-0.15, -0.1) is 11.3 Å². The summed E-state index contributed by atoms with van der Waals surface area (Å²) in [4.78, 5) is 24.9.